The Bertz CT molecular complexity index is 507. The van der Waals surface area contributed by atoms with Gasteiger partial charge in [-0.25, -0.2) is 4.98 Å². The Hall–Kier alpha value is -1.64. The normalized spacial score (nSPS) is 11.9. The molecule has 2 aromatic heterocycles. The zero-order valence-corrected chi connectivity index (χ0v) is 10.6. The predicted molar refractivity (Wildman–Crippen MR) is 69.1 cm³/mol. The molecule has 0 spiro atoms. The van der Waals surface area contributed by atoms with Crippen LogP contribution in [0.2, 0.25) is 0 Å². The zero-order valence-electron chi connectivity index (χ0n) is 10.6. The molecule has 0 aliphatic carbocycles. The zero-order chi connectivity index (χ0) is 12.5. The van der Waals surface area contributed by atoms with Crippen molar-refractivity contribution in [1.29, 1.82) is 0 Å². The van der Waals surface area contributed by atoms with E-state index in [9.17, 15) is 4.79 Å². The molecule has 0 unspecified atom stereocenters. The number of hydrogen-bond donors (Lipinski definition) is 1. The average Bonchev–Trinajstić information content (AvgIpc) is 2.71. The van der Waals surface area contributed by atoms with Crippen LogP contribution in [0.3, 0.4) is 0 Å². The Morgan fingerprint density at radius 2 is 2.24 bits per heavy atom. The lowest BCUT2D eigenvalue weighted by Crippen LogP contribution is -2.24. The van der Waals surface area contributed by atoms with E-state index in [4.69, 9.17) is 0 Å². The van der Waals surface area contributed by atoms with Crippen molar-refractivity contribution in [2.24, 2.45) is 5.41 Å². The van der Waals surface area contributed by atoms with Crippen molar-refractivity contribution in [1.82, 2.24) is 9.97 Å². The number of rotatable bonds is 4. The first-order valence-corrected chi connectivity index (χ1v) is 6.03. The second kappa shape index (κ2) is 4.32. The van der Waals surface area contributed by atoms with Gasteiger partial charge in [0, 0.05) is 17.0 Å². The molecule has 0 saturated heterocycles. The summed E-state index contributed by atoms with van der Waals surface area (Å²) in [5.41, 5.74) is 1.13. The molecule has 90 valence electrons. The van der Waals surface area contributed by atoms with Gasteiger partial charge < -0.3 is 4.98 Å². The Morgan fingerprint density at radius 1 is 1.47 bits per heavy atom. The van der Waals surface area contributed by atoms with Gasteiger partial charge in [0.25, 0.3) is 0 Å². The molecule has 0 atom stereocenters. The maximum Gasteiger partial charge on any atom is 0.184 e. The van der Waals surface area contributed by atoms with Crippen LogP contribution in [-0.2, 0) is 0 Å². The molecule has 3 nitrogen and oxygen atoms in total. The number of carbonyl (C=O) groups excluding carboxylic acids is 1. The second-order valence-corrected chi connectivity index (χ2v) is 5.09. The number of H-pyrrole nitrogens is 1. The lowest BCUT2D eigenvalue weighted by atomic mass is 9.82. The molecule has 0 bridgehead atoms. The summed E-state index contributed by atoms with van der Waals surface area (Å²) in [6, 6.07) is 5.73. The fraction of sp³-hybridized carbons (Fsp3) is 0.429. The molecule has 17 heavy (non-hydrogen) atoms. The summed E-state index contributed by atoms with van der Waals surface area (Å²) in [5.74, 6) is 0.164. The molecule has 3 heteroatoms. The van der Waals surface area contributed by atoms with Gasteiger partial charge >= 0.3 is 0 Å². The van der Waals surface area contributed by atoms with Gasteiger partial charge in [0.2, 0.25) is 0 Å². The Kier molecular flexibility index (Phi) is 3.01. The molecule has 0 saturated carbocycles. The quantitative estimate of drug-likeness (QED) is 0.816. The van der Waals surface area contributed by atoms with Gasteiger partial charge in [-0.15, -0.1) is 0 Å². The second-order valence-electron chi connectivity index (χ2n) is 5.09. The van der Waals surface area contributed by atoms with E-state index in [1.54, 1.807) is 6.20 Å². The van der Waals surface area contributed by atoms with Crippen LogP contribution in [0.4, 0.5) is 0 Å². The number of fused-ring (bicyclic) bond motifs is 1. The van der Waals surface area contributed by atoms with E-state index >= 15 is 0 Å². The maximum atomic E-state index is 12.4. The van der Waals surface area contributed by atoms with Crippen LogP contribution in [0.25, 0.3) is 11.0 Å². The molecule has 2 heterocycles. The summed E-state index contributed by atoms with van der Waals surface area (Å²) in [5, 5.41) is 0.989. The van der Waals surface area contributed by atoms with E-state index in [0.717, 1.165) is 23.9 Å². The smallest absolute Gasteiger partial charge is 0.184 e. The minimum absolute atomic E-state index is 0.164. The minimum atomic E-state index is -0.310. The van der Waals surface area contributed by atoms with Gasteiger partial charge in [0.1, 0.15) is 5.65 Å². The van der Waals surface area contributed by atoms with Crippen LogP contribution in [-0.4, -0.2) is 15.8 Å². The van der Waals surface area contributed by atoms with Crippen molar-refractivity contribution >= 4 is 16.8 Å². The molecule has 2 aromatic rings. The van der Waals surface area contributed by atoms with Gasteiger partial charge in [-0.1, -0.05) is 27.2 Å². The standard InChI is InChI=1S/C14H18N2O/c1-4-7-14(2,3)12(17)11-9-10-6-5-8-15-13(10)16-11/h5-6,8-9H,4,7H2,1-3H3,(H,15,16). The Morgan fingerprint density at radius 3 is 2.88 bits per heavy atom. The highest BCUT2D eigenvalue weighted by atomic mass is 16.1. The molecular formula is C14H18N2O. The fourth-order valence-corrected chi connectivity index (χ4v) is 2.18. The third-order valence-electron chi connectivity index (χ3n) is 3.13. The predicted octanol–water partition coefficient (Wildman–Crippen LogP) is 3.57. The maximum absolute atomic E-state index is 12.4. The first-order valence-electron chi connectivity index (χ1n) is 6.03. The highest BCUT2D eigenvalue weighted by molar-refractivity contribution is 6.01. The fourth-order valence-electron chi connectivity index (χ4n) is 2.18. The number of ketones is 1. The highest BCUT2D eigenvalue weighted by Gasteiger charge is 2.28. The van der Waals surface area contributed by atoms with Crippen molar-refractivity contribution in [3.8, 4) is 0 Å². The van der Waals surface area contributed by atoms with E-state index in [-0.39, 0.29) is 11.2 Å². The summed E-state index contributed by atoms with van der Waals surface area (Å²) in [7, 11) is 0. The third-order valence-corrected chi connectivity index (χ3v) is 3.13. The largest absolute Gasteiger partial charge is 0.337 e. The summed E-state index contributed by atoms with van der Waals surface area (Å²) >= 11 is 0. The topological polar surface area (TPSA) is 45.8 Å². The number of carbonyl (C=O) groups is 1. The van der Waals surface area contributed by atoms with Crippen LogP contribution in [0.1, 0.15) is 44.1 Å². The van der Waals surface area contributed by atoms with Crippen LogP contribution in [0.15, 0.2) is 24.4 Å². The molecule has 0 amide bonds. The summed E-state index contributed by atoms with van der Waals surface area (Å²) < 4.78 is 0. The van der Waals surface area contributed by atoms with Crippen LogP contribution in [0, 0.1) is 5.41 Å². The summed E-state index contributed by atoms with van der Waals surface area (Å²) in [6.45, 7) is 6.09. The number of aromatic amines is 1. The van der Waals surface area contributed by atoms with Crippen LogP contribution >= 0.6 is 0 Å². The number of pyridine rings is 1. The van der Waals surface area contributed by atoms with Crippen molar-refractivity contribution in [3.05, 3.63) is 30.1 Å². The van der Waals surface area contributed by atoms with Crippen LogP contribution < -0.4 is 0 Å². The molecule has 0 aromatic carbocycles. The minimum Gasteiger partial charge on any atom is -0.337 e. The lowest BCUT2D eigenvalue weighted by molar-refractivity contribution is 0.0821. The first kappa shape index (κ1) is 11.8. The van der Waals surface area contributed by atoms with Gasteiger partial charge in [-0.05, 0) is 24.6 Å². The summed E-state index contributed by atoms with van der Waals surface area (Å²) in [4.78, 5) is 19.7. The Labute approximate surface area is 101 Å². The van der Waals surface area contributed by atoms with E-state index in [2.05, 4.69) is 16.9 Å². The number of Topliss-reactive ketones (excluding diaryl/α,β-unsaturated/α-hetero) is 1. The monoisotopic (exact) mass is 230 g/mol. The molecule has 0 radical (unpaired) electrons. The molecule has 2 rings (SSSR count). The van der Waals surface area contributed by atoms with Gasteiger partial charge in [-0.2, -0.15) is 0 Å². The van der Waals surface area contributed by atoms with E-state index in [0.29, 0.717) is 5.69 Å². The highest BCUT2D eigenvalue weighted by Crippen LogP contribution is 2.28. The number of hydrogen-bond acceptors (Lipinski definition) is 2. The first-order chi connectivity index (χ1) is 8.04. The molecule has 0 aliphatic heterocycles. The van der Waals surface area contributed by atoms with Gasteiger partial charge in [0.15, 0.2) is 5.78 Å². The molecule has 0 fully saturated rings. The van der Waals surface area contributed by atoms with Gasteiger partial charge in [-0.3, -0.25) is 4.79 Å². The number of nitrogens with zero attached hydrogens (tertiary/aromatic N) is 1. The third kappa shape index (κ3) is 2.23. The molecule has 0 aliphatic rings. The van der Waals surface area contributed by atoms with E-state index in [1.807, 2.05) is 32.0 Å². The lowest BCUT2D eigenvalue weighted by Gasteiger charge is -2.21. The van der Waals surface area contributed by atoms with Gasteiger partial charge in [0.05, 0.1) is 5.69 Å². The molecule has 1 N–H and O–H groups in total. The van der Waals surface area contributed by atoms with Crippen molar-refractivity contribution in [3.63, 3.8) is 0 Å². The molecular weight excluding hydrogens is 212 g/mol. The van der Waals surface area contributed by atoms with Crippen molar-refractivity contribution in [2.45, 2.75) is 33.6 Å². The van der Waals surface area contributed by atoms with Crippen LogP contribution in [0.5, 0.6) is 0 Å². The number of nitrogens with one attached hydrogen (secondary N) is 1. The summed E-state index contributed by atoms with van der Waals surface area (Å²) in [6.07, 6.45) is 3.64. The van der Waals surface area contributed by atoms with Crippen molar-refractivity contribution < 1.29 is 4.79 Å². The van der Waals surface area contributed by atoms with Crippen molar-refractivity contribution in [2.75, 3.05) is 0 Å². The number of aromatic nitrogens is 2. The van der Waals surface area contributed by atoms with E-state index in [1.165, 1.54) is 0 Å². The van der Waals surface area contributed by atoms with E-state index < -0.39 is 0 Å². The SMILES string of the molecule is CCCC(C)(C)C(=O)c1cc2cccnc2[nH]1. The Balaban J connectivity index is 2.37. The average molecular weight is 230 g/mol.